The van der Waals surface area contributed by atoms with E-state index in [1.165, 1.54) is 24.8 Å². The third-order valence-corrected chi connectivity index (χ3v) is 4.44. The van der Waals surface area contributed by atoms with E-state index < -0.39 is 0 Å². The van der Waals surface area contributed by atoms with E-state index >= 15 is 0 Å². The van der Waals surface area contributed by atoms with E-state index in [4.69, 9.17) is 10.5 Å². The summed E-state index contributed by atoms with van der Waals surface area (Å²) in [7, 11) is 1.69. The number of ether oxygens (including phenoxy) is 1. The molecule has 0 heterocycles. The molecule has 1 fully saturated rings. The van der Waals surface area contributed by atoms with Crippen LogP contribution < -0.4 is 10.5 Å². The molecule has 2 heteroatoms. The van der Waals surface area contributed by atoms with Crippen LogP contribution in [0.25, 0.3) is 0 Å². The molecule has 1 aliphatic rings. The van der Waals surface area contributed by atoms with Crippen LogP contribution >= 0.6 is 0 Å². The van der Waals surface area contributed by atoms with Crippen LogP contribution in [0.1, 0.15) is 45.1 Å². The van der Waals surface area contributed by atoms with Crippen LogP contribution in [0, 0.1) is 5.41 Å². The highest BCUT2D eigenvalue weighted by atomic mass is 16.5. The summed E-state index contributed by atoms with van der Waals surface area (Å²) >= 11 is 0. The van der Waals surface area contributed by atoms with Crippen molar-refractivity contribution in [2.75, 3.05) is 7.11 Å². The van der Waals surface area contributed by atoms with Gasteiger partial charge in [-0.2, -0.15) is 0 Å². The van der Waals surface area contributed by atoms with E-state index in [0.29, 0.717) is 0 Å². The summed E-state index contributed by atoms with van der Waals surface area (Å²) in [5.41, 5.74) is 7.92. The minimum Gasteiger partial charge on any atom is -0.497 e. The van der Waals surface area contributed by atoms with Crippen molar-refractivity contribution in [3.63, 3.8) is 0 Å². The lowest BCUT2D eigenvalue weighted by molar-refractivity contribution is 0.0978. The number of nitrogens with two attached hydrogens (primary N) is 1. The number of rotatable bonds is 2. The van der Waals surface area contributed by atoms with Gasteiger partial charge in [-0.15, -0.1) is 0 Å². The topological polar surface area (TPSA) is 35.2 Å². The van der Waals surface area contributed by atoms with E-state index in [1.54, 1.807) is 7.11 Å². The zero-order chi connectivity index (χ0) is 12.5. The first-order valence-corrected chi connectivity index (χ1v) is 6.43. The average molecular weight is 233 g/mol. The fourth-order valence-electron chi connectivity index (χ4n) is 2.96. The van der Waals surface area contributed by atoms with Crippen molar-refractivity contribution in [2.45, 2.75) is 45.1 Å². The van der Waals surface area contributed by atoms with Gasteiger partial charge in [-0.05, 0) is 36.0 Å². The van der Waals surface area contributed by atoms with Gasteiger partial charge >= 0.3 is 0 Å². The van der Waals surface area contributed by atoms with E-state index in [9.17, 15) is 0 Å². The minimum absolute atomic E-state index is 0.167. The molecule has 1 atom stereocenters. The first-order valence-electron chi connectivity index (χ1n) is 6.43. The molecule has 0 aromatic heterocycles. The van der Waals surface area contributed by atoms with E-state index in [0.717, 1.165) is 12.2 Å². The van der Waals surface area contributed by atoms with Crippen molar-refractivity contribution in [2.24, 2.45) is 11.1 Å². The Morgan fingerprint density at radius 3 is 2.18 bits per heavy atom. The van der Waals surface area contributed by atoms with Gasteiger partial charge in [0.25, 0.3) is 0 Å². The molecule has 0 bridgehead atoms. The van der Waals surface area contributed by atoms with Gasteiger partial charge in [0, 0.05) is 5.54 Å². The van der Waals surface area contributed by atoms with Crippen LogP contribution in [0.4, 0.5) is 0 Å². The third-order valence-electron chi connectivity index (χ3n) is 4.44. The summed E-state index contributed by atoms with van der Waals surface area (Å²) in [5.74, 6) is 0.894. The van der Waals surface area contributed by atoms with Gasteiger partial charge in [0.1, 0.15) is 5.75 Å². The van der Waals surface area contributed by atoms with Crippen LogP contribution in [0.5, 0.6) is 5.75 Å². The standard InChI is InChI=1S/C15H23NO/c1-14(2)10-4-5-11-15(14,16)12-6-8-13(17-3)9-7-12/h6-9H,4-5,10-11,16H2,1-3H3. The van der Waals surface area contributed by atoms with Crippen LogP contribution in [-0.4, -0.2) is 7.11 Å². The summed E-state index contributed by atoms with van der Waals surface area (Å²) < 4.78 is 5.20. The number of hydrogen-bond donors (Lipinski definition) is 1. The maximum atomic E-state index is 6.71. The highest BCUT2D eigenvalue weighted by molar-refractivity contribution is 5.33. The van der Waals surface area contributed by atoms with Gasteiger partial charge in [0.2, 0.25) is 0 Å². The van der Waals surface area contributed by atoms with Gasteiger partial charge in [-0.1, -0.05) is 38.8 Å². The average Bonchev–Trinajstić information content (AvgIpc) is 2.33. The number of benzene rings is 1. The fourth-order valence-corrected chi connectivity index (χ4v) is 2.96. The zero-order valence-electron chi connectivity index (χ0n) is 11.1. The van der Waals surface area contributed by atoms with E-state index in [-0.39, 0.29) is 11.0 Å². The zero-order valence-corrected chi connectivity index (χ0v) is 11.1. The maximum Gasteiger partial charge on any atom is 0.118 e. The summed E-state index contributed by atoms with van der Waals surface area (Å²) in [6.07, 6.45) is 4.80. The molecule has 2 rings (SSSR count). The van der Waals surface area contributed by atoms with Crippen molar-refractivity contribution in [3.8, 4) is 5.75 Å². The van der Waals surface area contributed by atoms with Gasteiger partial charge in [0.05, 0.1) is 7.11 Å². The maximum absolute atomic E-state index is 6.71. The molecule has 0 saturated heterocycles. The second-order valence-electron chi connectivity index (χ2n) is 5.79. The number of methoxy groups -OCH3 is 1. The summed E-state index contributed by atoms with van der Waals surface area (Å²) in [4.78, 5) is 0. The first kappa shape index (κ1) is 12.4. The van der Waals surface area contributed by atoms with Crippen LogP contribution in [0.2, 0.25) is 0 Å². The van der Waals surface area contributed by atoms with Crippen molar-refractivity contribution >= 4 is 0 Å². The molecular formula is C15H23NO. The quantitative estimate of drug-likeness (QED) is 0.849. The third kappa shape index (κ3) is 2.06. The normalized spacial score (nSPS) is 27.8. The Hall–Kier alpha value is -1.02. The Morgan fingerprint density at radius 1 is 1.06 bits per heavy atom. The van der Waals surface area contributed by atoms with Gasteiger partial charge in [0.15, 0.2) is 0 Å². The lowest BCUT2D eigenvalue weighted by atomic mass is 9.61. The van der Waals surface area contributed by atoms with Crippen molar-refractivity contribution in [1.82, 2.24) is 0 Å². The second kappa shape index (κ2) is 4.34. The smallest absolute Gasteiger partial charge is 0.118 e. The monoisotopic (exact) mass is 233 g/mol. The minimum atomic E-state index is -0.197. The molecule has 2 N–H and O–H groups in total. The van der Waals surface area contributed by atoms with Crippen LogP contribution in [0.15, 0.2) is 24.3 Å². The molecule has 1 saturated carbocycles. The lowest BCUT2D eigenvalue weighted by Crippen LogP contribution is -2.51. The van der Waals surface area contributed by atoms with Gasteiger partial charge < -0.3 is 10.5 Å². The number of hydrogen-bond acceptors (Lipinski definition) is 2. The van der Waals surface area contributed by atoms with E-state index in [1.807, 2.05) is 12.1 Å². The molecule has 1 unspecified atom stereocenters. The molecule has 17 heavy (non-hydrogen) atoms. The van der Waals surface area contributed by atoms with Crippen molar-refractivity contribution in [3.05, 3.63) is 29.8 Å². The predicted molar refractivity (Wildman–Crippen MR) is 71.1 cm³/mol. The Morgan fingerprint density at radius 2 is 1.65 bits per heavy atom. The molecule has 0 amide bonds. The predicted octanol–water partition coefficient (Wildman–Crippen LogP) is 3.45. The lowest BCUT2D eigenvalue weighted by Gasteiger charge is -2.48. The SMILES string of the molecule is COc1ccc(C2(N)CCCCC2(C)C)cc1. The first-order chi connectivity index (χ1) is 7.99. The molecule has 1 aromatic carbocycles. The van der Waals surface area contributed by atoms with Crippen LogP contribution in [0.3, 0.4) is 0 Å². The molecule has 1 aromatic rings. The molecule has 0 aliphatic heterocycles. The molecular weight excluding hydrogens is 210 g/mol. The molecule has 0 spiro atoms. The molecule has 1 aliphatic carbocycles. The van der Waals surface area contributed by atoms with Crippen molar-refractivity contribution in [1.29, 1.82) is 0 Å². The van der Waals surface area contributed by atoms with Crippen LogP contribution in [-0.2, 0) is 5.54 Å². The Balaban J connectivity index is 2.35. The summed E-state index contributed by atoms with van der Waals surface area (Å²) in [5, 5.41) is 0. The van der Waals surface area contributed by atoms with Gasteiger partial charge in [-0.25, -0.2) is 0 Å². The molecule has 2 nitrogen and oxygen atoms in total. The second-order valence-corrected chi connectivity index (χ2v) is 5.79. The Labute approximate surface area is 104 Å². The Bertz CT molecular complexity index is 382. The van der Waals surface area contributed by atoms with Crippen molar-refractivity contribution < 1.29 is 4.74 Å². The highest BCUT2D eigenvalue weighted by Crippen LogP contribution is 2.48. The highest BCUT2D eigenvalue weighted by Gasteiger charge is 2.44. The summed E-state index contributed by atoms with van der Waals surface area (Å²) in [6, 6.07) is 8.25. The molecule has 94 valence electrons. The van der Waals surface area contributed by atoms with E-state index in [2.05, 4.69) is 26.0 Å². The molecule has 0 radical (unpaired) electrons. The fraction of sp³-hybridized carbons (Fsp3) is 0.600. The van der Waals surface area contributed by atoms with Gasteiger partial charge in [-0.3, -0.25) is 0 Å². The Kier molecular flexibility index (Phi) is 3.17. The summed E-state index contributed by atoms with van der Waals surface area (Å²) in [6.45, 7) is 4.58. The largest absolute Gasteiger partial charge is 0.497 e.